The fraction of sp³-hybridized carbons (Fsp3) is 0.200. The Morgan fingerprint density at radius 3 is 2.75 bits per heavy atom. The summed E-state index contributed by atoms with van der Waals surface area (Å²) in [6.07, 6.45) is 0.970. The summed E-state index contributed by atoms with van der Waals surface area (Å²) in [7, 11) is 0. The first-order valence-electron chi connectivity index (χ1n) is 4.08. The van der Waals surface area contributed by atoms with Crippen molar-refractivity contribution >= 4 is 22.7 Å². The number of aromatic nitrogens is 1. The molecule has 0 fully saturated rings. The quantitative estimate of drug-likeness (QED) is 0.634. The SMILES string of the molecule is CCc1cc2ccccc2n1Cl. The molecule has 0 atom stereocenters. The van der Waals surface area contributed by atoms with E-state index >= 15 is 0 Å². The van der Waals surface area contributed by atoms with Crippen LogP contribution in [-0.4, -0.2) is 4.09 Å². The number of halogens is 1. The van der Waals surface area contributed by atoms with Crippen molar-refractivity contribution in [2.75, 3.05) is 0 Å². The van der Waals surface area contributed by atoms with Gasteiger partial charge in [0.05, 0.1) is 5.52 Å². The Kier molecular flexibility index (Phi) is 1.81. The normalized spacial score (nSPS) is 10.8. The van der Waals surface area contributed by atoms with Crippen molar-refractivity contribution < 1.29 is 0 Å². The molecule has 12 heavy (non-hydrogen) atoms. The highest BCUT2D eigenvalue weighted by atomic mass is 35.5. The summed E-state index contributed by atoms with van der Waals surface area (Å²) in [5.41, 5.74) is 2.26. The average Bonchev–Trinajstić information content (AvgIpc) is 2.44. The lowest BCUT2D eigenvalue weighted by atomic mass is 10.2. The maximum atomic E-state index is 6.07. The summed E-state index contributed by atoms with van der Waals surface area (Å²) in [5, 5.41) is 1.21. The average molecular weight is 180 g/mol. The predicted octanol–water partition coefficient (Wildman–Crippen LogP) is 3.21. The Morgan fingerprint density at radius 1 is 1.33 bits per heavy atom. The molecule has 1 nitrogen and oxygen atoms in total. The molecule has 62 valence electrons. The van der Waals surface area contributed by atoms with E-state index in [9.17, 15) is 0 Å². The molecule has 0 aliphatic heterocycles. The molecule has 0 N–H and O–H groups in total. The Bertz CT molecular complexity index is 403. The molecule has 1 aromatic carbocycles. The van der Waals surface area contributed by atoms with E-state index in [1.807, 2.05) is 18.2 Å². The van der Waals surface area contributed by atoms with E-state index in [1.165, 1.54) is 5.39 Å². The molecule has 2 rings (SSSR count). The van der Waals surface area contributed by atoms with Gasteiger partial charge in [-0.15, -0.1) is 0 Å². The van der Waals surface area contributed by atoms with Crippen molar-refractivity contribution in [3.63, 3.8) is 0 Å². The van der Waals surface area contributed by atoms with E-state index in [0.29, 0.717) is 0 Å². The molecule has 0 saturated carbocycles. The van der Waals surface area contributed by atoms with Gasteiger partial charge in [0.15, 0.2) is 0 Å². The van der Waals surface area contributed by atoms with Crippen molar-refractivity contribution in [3.05, 3.63) is 36.0 Å². The third kappa shape index (κ3) is 1.01. The standard InChI is InChI=1S/C10H10ClN/c1-2-9-7-8-5-3-4-6-10(8)12(9)11/h3-7H,2H2,1H3. The minimum Gasteiger partial charge on any atom is -0.257 e. The molecule has 0 spiro atoms. The van der Waals surface area contributed by atoms with Gasteiger partial charge < -0.3 is 0 Å². The maximum absolute atomic E-state index is 6.07. The van der Waals surface area contributed by atoms with Crippen molar-refractivity contribution in [2.24, 2.45) is 0 Å². The van der Waals surface area contributed by atoms with Crippen LogP contribution in [0.3, 0.4) is 0 Å². The van der Waals surface area contributed by atoms with Gasteiger partial charge in [0, 0.05) is 22.9 Å². The molecule has 0 radical (unpaired) electrons. The van der Waals surface area contributed by atoms with Crippen LogP contribution in [0.25, 0.3) is 10.9 Å². The molecule has 0 aliphatic rings. The predicted molar refractivity (Wildman–Crippen MR) is 52.6 cm³/mol. The van der Waals surface area contributed by atoms with Crippen LogP contribution in [0, 0.1) is 0 Å². The molecule has 0 bridgehead atoms. The zero-order chi connectivity index (χ0) is 8.55. The maximum Gasteiger partial charge on any atom is 0.0650 e. The van der Waals surface area contributed by atoms with Crippen molar-refractivity contribution in [1.82, 2.24) is 4.09 Å². The summed E-state index contributed by atoms with van der Waals surface area (Å²) in [6, 6.07) is 10.3. The molecular formula is C10H10ClN. The lowest BCUT2D eigenvalue weighted by Gasteiger charge is -1.95. The van der Waals surface area contributed by atoms with Gasteiger partial charge in [-0.25, -0.2) is 0 Å². The second kappa shape index (κ2) is 2.83. The highest BCUT2D eigenvalue weighted by Crippen LogP contribution is 2.20. The lowest BCUT2D eigenvalue weighted by Crippen LogP contribution is -1.86. The van der Waals surface area contributed by atoms with Gasteiger partial charge >= 0.3 is 0 Å². The van der Waals surface area contributed by atoms with Crippen LogP contribution >= 0.6 is 11.8 Å². The number of rotatable bonds is 1. The largest absolute Gasteiger partial charge is 0.257 e. The fourth-order valence-corrected chi connectivity index (χ4v) is 1.74. The summed E-state index contributed by atoms with van der Waals surface area (Å²) in [5.74, 6) is 0. The molecule has 0 aliphatic carbocycles. The second-order valence-electron chi connectivity index (χ2n) is 2.83. The number of fused-ring (bicyclic) bond motifs is 1. The van der Waals surface area contributed by atoms with E-state index in [2.05, 4.69) is 19.1 Å². The minimum absolute atomic E-state index is 0.970. The number of aryl methyl sites for hydroxylation is 1. The number of nitrogens with zero attached hydrogens (tertiary/aromatic N) is 1. The number of para-hydroxylation sites is 1. The third-order valence-corrected chi connectivity index (χ3v) is 2.48. The highest BCUT2D eigenvalue weighted by Gasteiger charge is 2.03. The topological polar surface area (TPSA) is 4.93 Å². The minimum atomic E-state index is 0.970. The van der Waals surface area contributed by atoms with E-state index in [4.69, 9.17) is 11.8 Å². The van der Waals surface area contributed by atoms with Gasteiger partial charge in [-0.1, -0.05) is 25.1 Å². The lowest BCUT2D eigenvalue weighted by molar-refractivity contribution is 1.03. The van der Waals surface area contributed by atoms with Crippen LogP contribution < -0.4 is 0 Å². The summed E-state index contributed by atoms with van der Waals surface area (Å²) in [6.45, 7) is 2.10. The third-order valence-electron chi connectivity index (χ3n) is 2.08. The zero-order valence-electron chi connectivity index (χ0n) is 6.92. The van der Waals surface area contributed by atoms with Crippen LogP contribution in [0.15, 0.2) is 30.3 Å². The first-order valence-corrected chi connectivity index (χ1v) is 4.42. The van der Waals surface area contributed by atoms with E-state index < -0.39 is 0 Å². The van der Waals surface area contributed by atoms with Gasteiger partial charge in [-0.3, -0.25) is 4.09 Å². The number of benzene rings is 1. The van der Waals surface area contributed by atoms with Crippen LogP contribution in [0.4, 0.5) is 0 Å². The van der Waals surface area contributed by atoms with Crippen LogP contribution in [0.2, 0.25) is 0 Å². The number of hydrogen-bond acceptors (Lipinski definition) is 0. The second-order valence-corrected chi connectivity index (χ2v) is 3.17. The summed E-state index contributed by atoms with van der Waals surface area (Å²) in [4.78, 5) is 0. The van der Waals surface area contributed by atoms with E-state index in [0.717, 1.165) is 17.6 Å². The Balaban J connectivity index is 2.78. The van der Waals surface area contributed by atoms with Crippen LogP contribution in [0.1, 0.15) is 12.6 Å². The van der Waals surface area contributed by atoms with Gasteiger partial charge in [-0.05, 0) is 18.6 Å². The summed E-state index contributed by atoms with van der Waals surface area (Å²) >= 11 is 6.07. The molecule has 1 heterocycles. The number of hydrogen-bond donors (Lipinski definition) is 0. The van der Waals surface area contributed by atoms with Crippen molar-refractivity contribution in [3.8, 4) is 0 Å². The summed E-state index contributed by atoms with van der Waals surface area (Å²) < 4.78 is 1.73. The first-order chi connectivity index (χ1) is 5.83. The first kappa shape index (κ1) is 7.69. The van der Waals surface area contributed by atoms with Crippen LogP contribution in [0.5, 0.6) is 0 Å². The van der Waals surface area contributed by atoms with E-state index in [-0.39, 0.29) is 0 Å². The van der Waals surface area contributed by atoms with Crippen molar-refractivity contribution in [1.29, 1.82) is 0 Å². The molecule has 0 saturated heterocycles. The monoisotopic (exact) mass is 179 g/mol. The van der Waals surface area contributed by atoms with Crippen LogP contribution in [-0.2, 0) is 6.42 Å². The Morgan fingerprint density at radius 2 is 2.08 bits per heavy atom. The molecular weight excluding hydrogens is 170 g/mol. The van der Waals surface area contributed by atoms with Gasteiger partial charge in [0.25, 0.3) is 0 Å². The Labute approximate surface area is 76.7 Å². The highest BCUT2D eigenvalue weighted by molar-refractivity contribution is 6.19. The molecule has 2 heteroatoms. The molecule has 0 unspecified atom stereocenters. The smallest absolute Gasteiger partial charge is 0.0650 e. The van der Waals surface area contributed by atoms with Gasteiger partial charge in [-0.2, -0.15) is 0 Å². The molecule has 0 amide bonds. The van der Waals surface area contributed by atoms with Gasteiger partial charge in [0.1, 0.15) is 0 Å². The fourth-order valence-electron chi connectivity index (χ4n) is 1.42. The molecule has 2 aromatic rings. The Hall–Kier alpha value is -0.950. The zero-order valence-corrected chi connectivity index (χ0v) is 7.67. The molecule has 1 aromatic heterocycles. The van der Waals surface area contributed by atoms with Gasteiger partial charge in [0.2, 0.25) is 0 Å². The van der Waals surface area contributed by atoms with E-state index in [1.54, 1.807) is 4.09 Å². The van der Waals surface area contributed by atoms with Crippen molar-refractivity contribution in [2.45, 2.75) is 13.3 Å².